The highest BCUT2D eigenvalue weighted by molar-refractivity contribution is 5.94. The molecule has 3 fully saturated rings. The van der Waals surface area contributed by atoms with Crippen LogP contribution < -0.4 is 10.7 Å². The number of carbonyl (C=O) groups excluding carboxylic acids is 2. The molecule has 21 heteroatoms. The van der Waals surface area contributed by atoms with E-state index in [2.05, 4.69) is 11.4 Å². The van der Waals surface area contributed by atoms with Crippen molar-refractivity contribution in [3.05, 3.63) is 45.2 Å². The molecule has 0 bridgehead atoms. The number of aliphatic hydroxyl groups is 4. The highest BCUT2D eigenvalue weighted by Crippen LogP contribution is 2.41. The summed E-state index contributed by atoms with van der Waals surface area (Å²) in [6.45, 7) is 19.1. The summed E-state index contributed by atoms with van der Waals surface area (Å²) in [7, 11) is 7.05. The summed E-state index contributed by atoms with van der Waals surface area (Å²) in [6, 6.07) is 2.91. The van der Waals surface area contributed by atoms with Gasteiger partial charge in [-0.15, -0.1) is 0 Å². The Morgan fingerprint density at radius 2 is 1.66 bits per heavy atom. The Morgan fingerprint density at radius 3 is 2.31 bits per heavy atom. The number of ether oxygens (including phenoxy) is 8. The number of methoxy groups -OCH3 is 1. The Labute approximate surface area is 453 Å². The number of cyclic esters (lactones) is 1. The number of amides is 1. The summed E-state index contributed by atoms with van der Waals surface area (Å²) < 4.78 is 52.3. The molecule has 18 atom stereocenters. The number of hydrogen-bond donors (Lipinski definition) is 6. The standard InChI is InChI=1S/C56H90N4O17/c1-15-41-56(10,69)47(63)34(6)59(13)28-30(2)26-54(8,68)48(76-52-45(62)40(58(11)12)23-31(3)72-52)32(4)46(33(5)51(66)74-41)75-42-27-55(9,70-14)49(35(7)73-42)77-53(67)57-19-22-71-21-16-17-36-24-37-18-20-60-29-39(50(64)65)44(61)38(25-36)43(37)60/h24-25,29-35,40-42,45-49,52,62-63,68-69H,15-23,26-28H2,1-14H3,(H,57,67)(H,64,65)/t30-,31-,32+,33-,34-,35+,40+,41-,42+,45-,46+,47-,48-,49+,52+,54-,55-,56-/m1/s1. The summed E-state index contributed by atoms with van der Waals surface area (Å²) in [4.78, 5) is 56.5. The van der Waals surface area contributed by atoms with E-state index in [0.717, 1.165) is 16.6 Å². The van der Waals surface area contributed by atoms with E-state index in [9.17, 15) is 44.7 Å². The normalized spacial score (nSPS) is 37.8. The van der Waals surface area contributed by atoms with Crippen LogP contribution in [0.4, 0.5) is 4.79 Å². The summed E-state index contributed by atoms with van der Waals surface area (Å²) in [5.41, 5.74) is -2.71. The second-order valence-electron chi connectivity index (χ2n) is 23.5. The van der Waals surface area contributed by atoms with Gasteiger partial charge >= 0.3 is 18.0 Å². The lowest BCUT2D eigenvalue weighted by Crippen LogP contribution is -2.61. The molecule has 436 valence electrons. The molecule has 0 aliphatic carbocycles. The number of pyridine rings is 1. The molecular weight excluding hydrogens is 1000 g/mol. The van der Waals surface area contributed by atoms with Crippen molar-refractivity contribution in [2.75, 3.05) is 54.6 Å². The van der Waals surface area contributed by atoms with E-state index in [-0.39, 0.29) is 56.0 Å². The van der Waals surface area contributed by atoms with Crippen LogP contribution in [0.15, 0.2) is 23.1 Å². The number of rotatable bonds is 16. The second kappa shape index (κ2) is 25.7. The van der Waals surface area contributed by atoms with E-state index in [4.69, 9.17) is 37.9 Å². The number of alkyl carbamates (subject to hydrolysis) is 1. The van der Waals surface area contributed by atoms with E-state index in [1.807, 2.05) is 49.4 Å². The van der Waals surface area contributed by atoms with Crippen LogP contribution >= 0.6 is 0 Å². The topological polar surface area (TPSA) is 267 Å². The number of carboxylic acids is 1. The number of aliphatic hydroxyl groups excluding tert-OH is 2. The second-order valence-corrected chi connectivity index (χ2v) is 23.5. The molecule has 0 radical (unpaired) electrons. The summed E-state index contributed by atoms with van der Waals surface area (Å²) in [5, 5.41) is 60.8. The van der Waals surface area contributed by atoms with Gasteiger partial charge in [-0.05, 0) is 131 Å². The van der Waals surface area contributed by atoms with Crippen LogP contribution in [0.3, 0.4) is 0 Å². The molecule has 77 heavy (non-hydrogen) atoms. The predicted octanol–water partition coefficient (Wildman–Crippen LogP) is 3.85. The average molecular weight is 1090 g/mol. The van der Waals surface area contributed by atoms with Gasteiger partial charge in [-0.3, -0.25) is 9.59 Å². The van der Waals surface area contributed by atoms with Gasteiger partial charge in [0.05, 0.1) is 48.1 Å². The maximum absolute atomic E-state index is 14.6. The van der Waals surface area contributed by atoms with Gasteiger partial charge in [0.25, 0.3) is 0 Å². The minimum atomic E-state index is -1.87. The number of aromatic carboxylic acids is 1. The Hall–Kier alpha value is -3.84. The highest BCUT2D eigenvalue weighted by Gasteiger charge is 2.54. The zero-order valence-electron chi connectivity index (χ0n) is 47.9. The maximum atomic E-state index is 14.6. The molecule has 6 N–H and O–H groups in total. The molecule has 21 nitrogen and oxygen atoms in total. The van der Waals surface area contributed by atoms with E-state index < -0.39 is 113 Å². The van der Waals surface area contributed by atoms with Gasteiger partial charge in [-0.25, -0.2) is 9.59 Å². The van der Waals surface area contributed by atoms with Gasteiger partial charge in [0.1, 0.15) is 35.1 Å². The van der Waals surface area contributed by atoms with Crippen molar-refractivity contribution in [2.24, 2.45) is 17.8 Å². The van der Waals surface area contributed by atoms with Gasteiger partial charge in [0, 0.05) is 69.4 Å². The molecule has 1 amide bonds. The number of benzene rings is 1. The number of aromatic nitrogens is 1. The fraction of sp³-hybridized carbons (Fsp3) is 0.786. The maximum Gasteiger partial charge on any atom is 0.407 e. The van der Waals surface area contributed by atoms with Crippen molar-refractivity contribution >= 4 is 28.9 Å². The lowest BCUT2D eigenvalue weighted by atomic mass is 9.77. The van der Waals surface area contributed by atoms with Crippen LogP contribution in [0.2, 0.25) is 0 Å². The molecule has 0 unspecified atom stereocenters. The molecule has 6 rings (SSSR count). The molecular formula is C56H90N4O17. The van der Waals surface area contributed by atoms with Gasteiger partial charge in [0.2, 0.25) is 5.43 Å². The number of carboxylic acid groups (broad SMARTS) is 1. The fourth-order valence-corrected chi connectivity index (χ4v) is 12.4. The van der Waals surface area contributed by atoms with Crippen molar-refractivity contribution in [2.45, 2.75) is 211 Å². The lowest BCUT2D eigenvalue weighted by molar-refractivity contribution is -0.317. The first-order chi connectivity index (χ1) is 36.0. The Bertz CT molecular complexity index is 2400. The molecule has 4 aliphatic rings. The van der Waals surface area contributed by atoms with Crippen molar-refractivity contribution < 1.29 is 77.8 Å². The molecule has 4 aliphatic heterocycles. The summed E-state index contributed by atoms with van der Waals surface area (Å²) >= 11 is 0. The van der Waals surface area contributed by atoms with E-state index in [1.54, 1.807) is 54.5 Å². The van der Waals surface area contributed by atoms with Crippen LogP contribution in [0.1, 0.15) is 123 Å². The highest BCUT2D eigenvalue weighted by atomic mass is 16.7. The number of esters is 1. The first-order valence-corrected chi connectivity index (χ1v) is 27.5. The largest absolute Gasteiger partial charge is 0.477 e. The number of likely N-dealkylation sites (N-methyl/N-ethyl adjacent to an activating group) is 2. The van der Waals surface area contributed by atoms with Crippen LogP contribution in [0.5, 0.6) is 0 Å². The monoisotopic (exact) mass is 1090 g/mol. The number of hydrogen-bond acceptors (Lipinski definition) is 18. The van der Waals surface area contributed by atoms with Crippen LogP contribution in [-0.2, 0) is 62.1 Å². The summed E-state index contributed by atoms with van der Waals surface area (Å²) in [5.74, 6) is -4.14. The van der Waals surface area contributed by atoms with Gasteiger partial charge in [-0.1, -0.05) is 26.8 Å². The smallest absolute Gasteiger partial charge is 0.407 e. The minimum Gasteiger partial charge on any atom is -0.477 e. The molecule has 0 saturated carbocycles. The Balaban J connectivity index is 1.15. The molecule has 0 spiro atoms. The fourth-order valence-electron chi connectivity index (χ4n) is 12.4. The predicted molar refractivity (Wildman–Crippen MR) is 284 cm³/mol. The molecule has 1 aromatic carbocycles. The number of nitrogens with zero attached hydrogens (tertiary/aromatic N) is 3. The third kappa shape index (κ3) is 14.2. The van der Waals surface area contributed by atoms with Crippen LogP contribution in [-0.4, -0.2) is 203 Å². The van der Waals surface area contributed by atoms with Gasteiger partial charge in [0.15, 0.2) is 18.7 Å². The minimum absolute atomic E-state index is 0.0174. The van der Waals surface area contributed by atoms with Crippen LogP contribution in [0.25, 0.3) is 10.9 Å². The Morgan fingerprint density at radius 1 is 0.961 bits per heavy atom. The van der Waals surface area contributed by atoms with E-state index in [1.165, 1.54) is 20.2 Å². The average Bonchev–Trinajstić information content (AvgIpc) is 3.77. The third-order valence-electron chi connectivity index (χ3n) is 16.8. The summed E-state index contributed by atoms with van der Waals surface area (Å²) in [6.07, 6.45) is -6.61. The van der Waals surface area contributed by atoms with Crippen molar-refractivity contribution in [3.63, 3.8) is 0 Å². The van der Waals surface area contributed by atoms with Gasteiger partial charge in [-0.2, -0.15) is 0 Å². The SMILES string of the molecule is CC[C@H]1OC(=O)[C@H](C)[C@@H](O[C@H]2C[C@@](C)(OC)[C@@H](OC(=O)NCCOCCCc3cc4c5c(c3)c(=O)c(C(=O)O)cn5CC4)[C@H](C)O2)[C@H](C)[C@@H](O[C@@H]2O[C@H](C)C[C@H](N(C)C)[C@H]2O)[C@](C)(O)C[C@@H](C)CN(C)[C@H](C)[C@@H](O)[C@]1(C)O. The number of aryl methyl sites for hydroxylation is 3. The van der Waals surface area contributed by atoms with Crippen molar-refractivity contribution in [1.29, 1.82) is 0 Å². The molecule has 3 saturated heterocycles. The van der Waals surface area contributed by atoms with Gasteiger partial charge < -0.3 is 83.1 Å². The van der Waals surface area contributed by atoms with E-state index in [0.29, 0.717) is 50.8 Å². The molecule has 2 aromatic rings. The number of carbonyl (C=O) groups is 3. The first-order valence-electron chi connectivity index (χ1n) is 27.5. The zero-order chi connectivity index (χ0) is 57.1. The Kier molecular flexibility index (Phi) is 20.8. The van der Waals surface area contributed by atoms with Crippen molar-refractivity contribution in [1.82, 2.24) is 19.7 Å². The van der Waals surface area contributed by atoms with Crippen molar-refractivity contribution in [3.8, 4) is 0 Å². The zero-order valence-corrected chi connectivity index (χ0v) is 47.9. The quantitative estimate of drug-likeness (QED) is 0.103. The third-order valence-corrected chi connectivity index (χ3v) is 16.8. The molecule has 1 aromatic heterocycles. The number of nitrogens with one attached hydrogen (secondary N) is 1. The van der Waals surface area contributed by atoms with E-state index >= 15 is 0 Å². The van der Waals surface area contributed by atoms with Crippen LogP contribution in [0, 0.1) is 17.8 Å². The molecule has 5 heterocycles. The lowest BCUT2D eigenvalue weighted by Gasteiger charge is -2.49. The first kappa shape index (κ1) is 62.4.